The minimum atomic E-state index is 0.105. The normalized spacial score (nSPS) is 16.4. The van der Waals surface area contributed by atoms with Crippen molar-refractivity contribution in [2.75, 3.05) is 13.1 Å². The Morgan fingerprint density at radius 3 is 2.47 bits per heavy atom. The number of allylic oxidation sites excluding steroid dienone is 6. The number of hydrogen-bond donors (Lipinski definition) is 0. The van der Waals surface area contributed by atoms with Gasteiger partial charge in [-0.3, -0.25) is 4.79 Å². The molecule has 1 rings (SSSR count). The molecule has 1 aliphatic heterocycles. The van der Waals surface area contributed by atoms with E-state index in [1.54, 1.807) is 13.0 Å². The summed E-state index contributed by atoms with van der Waals surface area (Å²) in [5.74, 6) is 0.105. The van der Waals surface area contributed by atoms with E-state index in [4.69, 9.17) is 0 Å². The maximum absolute atomic E-state index is 11.3. The van der Waals surface area contributed by atoms with Crippen molar-refractivity contribution in [1.29, 1.82) is 5.26 Å². The SMILES string of the molecule is C=C/C=C(\C=C/C)C(C#N)=C1CCN(C(C)=O)CC1. The molecule has 19 heavy (non-hydrogen) atoms. The fourth-order valence-electron chi connectivity index (χ4n) is 2.22. The summed E-state index contributed by atoms with van der Waals surface area (Å²) >= 11 is 0. The van der Waals surface area contributed by atoms with Crippen LogP contribution in [0, 0.1) is 11.3 Å². The quantitative estimate of drug-likeness (QED) is 0.575. The molecule has 0 radical (unpaired) electrons. The monoisotopic (exact) mass is 256 g/mol. The third-order valence-corrected chi connectivity index (χ3v) is 3.21. The van der Waals surface area contributed by atoms with Gasteiger partial charge in [0.05, 0.1) is 11.6 Å². The van der Waals surface area contributed by atoms with Crippen molar-refractivity contribution in [3.63, 3.8) is 0 Å². The van der Waals surface area contributed by atoms with Gasteiger partial charge in [0.2, 0.25) is 5.91 Å². The van der Waals surface area contributed by atoms with Crippen molar-refractivity contribution in [1.82, 2.24) is 4.90 Å². The predicted octanol–water partition coefficient (Wildman–Crippen LogP) is 3.14. The van der Waals surface area contributed by atoms with E-state index < -0.39 is 0 Å². The molecule has 1 fully saturated rings. The Bertz CT molecular complexity index is 479. The van der Waals surface area contributed by atoms with Gasteiger partial charge in [-0.25, -0.2) is 0 Å². The van der Waals surface area contributed by atoms with Gasteiger partial charge in [-0.05, 0) is 30.9 Å². The molecule has 0 saturated carbocycles. The highest BCUT2D eigenvalue weighted by molar-refractivity contribution is 5.73. The smallest absolute Gasteiger partial charge is 0.219 e. The number of nitriles is 1. The van der Waals surface area contributed by atoms with E-state index in [2.05, 4.69) is 12.6 Å². The number of amides is 1. The fraction of sp³-hybridized carbons (Fsp3) is 0.375. The lowest BCUT2D eigenvalue weighted by Crippen LogP contribution is -2.34. The summed E-state index contributed by atoms with van der Waals surface area (Å²) in [5.41, 5.74) is 2.75. The fourth-order valence-corrected chi connectivity index (χ4v) is 2.22. The number of nitrogens with zero attached hydrogens (tertiary/aromatic N) is 2. The van der Waals surface area contributed by atoms with Crippen molar-refractivity contribution in [3.05, 3.63) is 47.6 Å². The largest absolute Gasteiger partial charge is 0.342 e. The molecular weight excluding hydrogens is 236 g/mol. The van der Waals surface area contributed by atoms with Gasteiger partial charge in [-0.2, -0.15) is 5.26 Å². The Balaban J connectivity index is 3.00. The summed E-state index contributed by atoms with van der Waals surface area (Å²) in [6.07, 6.45) is 8.92. The second kappa shape index (κ2) is 7.38. The van der Waals surface area contributed by atoms with Crippen molar-refractivity contribution < 1.29 is 4.79 Å². The molecule has 0 aromatic carbocycles. The average molecular weight is 256 g/mol. The van der Waals surface area contributed by atoms with Crippen LogP contribution in [0.5, 0.6) is 0 Å². The standard InChI is InChI=1S/C16H20N2O/c1-4-6-14(7-5-2)16(12-17)15-8-10-18(11-9-15)13(3)19/h4-7H,1,8-11H2,2-3H3/b7-5-,14-6+. The van der Waals surface area contributed by atoms with Crippen LogP contribution in [0.25, 0.3) is 0 Å². The molecule has 0 atom stereocenters. The lowest BCUT2D eigenvalue weighted by Gasteiger charge is -2.28. The molecule has 1 amide bonds. The summed E-state index contributed by atoms with van der Waals surface area (Å²) in [5, 5.41) is 9.38. The molecular formula is C16H20N2O. The molecule has 0 aliphatic carbocycles. The second-order valence-corrected chi connectivity index (χ2v) is 4.45. The van der Waals surface area contributed by atoms with Gasteiger partial charge >= 0.3 is 0 Å². The predicted molar refractivity (Wildman–Crippen MR) is 77.2 cm³/mol. The van der Waals surface area contributed by atoms with Gasteiger partial charge in [-0.1, -0.05) is 30.9 Å². The zero-order chi connectivity index (χ0) is 14.3. The first-order chi connectivity index (χ1) is 9.13. The topological polar surface area (TPSA) is 44.1 Å². The first-order valence-electron chi connectivity index (χ1n) is 6.47. The second-order valence-electron chi connectivity index (χ2n) is 4.45. The number of carbonyl (C=O) groups excluding carboxylic acids is 1. The van der Waals surface area contributed by atoms with Gasteiger partial charge in [0.25, 0.3) is 0 Å². The Hall–Kier alpha value is -2.08. The molecule has 0 unspecified atom stereocenters. The Kier molecular flexibility index (Phi) is 5.81. The van der Waals surface area contributed by atoms with Gasteiger partial charge in [-0.15, -0.1) is 0 Å². The highest BCUT2D eigenvalue weighted by Gasteiger charge is 2.19. The van der Waals surface area contributed by atoms with Crippen molar-refractivity contribution in [3.8, 4) is 6.07 Å². The first kappa shape index (κ1) is 15.0. The van der Waals surface area contributed by atoms with Crippen LogP contribution in [0.4, 0.5) is 0 Å². The van der Waals surface area contributed by atoms with Crippen LogP contribution < -0.4 is 0 Å². The lowest BCUT2D eigenvalue weighted by molar-refractivity contribution is -0.129. The molecule has 0 spiro atoms. The van der Waals surface area contributed by atoms with E-state index in [1.807, 2.05) is 30.1 Å². The molecule has 0 aromatic rings. The average Bonchev–Trinajstić information content (AvgIpc) is 2.40. The molecule has 0 N–H and O–H groups in total. The third kappa shape index (κ3) is 3.96. The molecule has 1 heterocycles. The lowest BCUT2D eigenvalue weighted by atomic mass is 9.93. The van der Waals surface area contributed by atoms with Crippen LogP contribution in [0.1, 0.15) is 26.7 Å². The Morgan fingerprint density at radius 2 is 2.05 bits per heavy atom. The zero-order valence-electron chi connectivity index (χ0n) is 11.6. The van der Waals surface area contributed by atoms with Crippen molar-refractivity contribution in [2.45, 2.75) is 26.7 Å². The highest BCUT2D eigenvalue weighted by atomic mass is 16.2. The van der Waals surface area contributed by atoms with Gasteiger partial charge < -0.3 is 4.90 Å². The van der Waals surface area contributed by atoms with E-state index in [-0.39, 0.29) is 5.91 Å². The maximum atomic E-state index is 11.3. The summed E-state index contributed by atoms with van der Waals surface area (Å²) in [6, 6.07) is 2.29. The van der Waals surface area contributed by atoms with E-state index in [1.165, 1.54) is 0 Å². The van der Waals surface area contributed by atoms with Crippen LogP contribution in [0.2, 0.25) is 0 Å². The van der Waals surface area contributed by atoms with Crippen LogP contribution in [-0.4, -0.2) is 23.9 Å². The maximum Gasteiger partial charge on any atom is 0.219 e. The summed E-state index contributed by atoms with van der Waals surface area (Å²) in [6.45, 7) is 8.60. The van der Waals surface area contributed by atoms with Gasteiger partial charge in [0, 0.05) is 20.0 Å². The summed E-state index contributed by atoms with van der Waals surface area (Å²) < 4.78 is 0. The Labute approximate surface area is 115 Å². The van der Waals surface area contributed by atoms with Crippen LogP contribution in [0.15, 0.2) is 47.6 Å². The molecule has 1 saturated heterocycles. The van der Waals surface area contributed by atoms with Crippen molar-refractivity contribution >= 4 is 5.91 Å². The minimum Gasteiger partial charge on any atom is -0.342 e. The molecule has 100 valence electrons. The molecule has 3 nitrogen and oxygen atoms in total. The number of rotatable bonds is 3. The molecule has 3 heteroatoms. The summed E-state index contributed by atoms with van der Waals surface area (Å²) in [4.78, 5) is 13.1. The molecule has 1 aliphatic rings. The molecule has 0 aromatic heterocycles. The third-order valence-electron chi connectivity index (χ3n) is 3.21. The van der Waals surface area contributed by atoms with E-state index in [0.717, 1.165) is 29.6 Å². The van der Waals surface area contributed by atoms with Crippen LogP contribution in [0.3, 0.4) is 0 Å². The number of piperidine rings is 1. The van der Waals surface area contributed by atoms with E-state index >= 15 is 0 Å². The Morgan fingerprint density at radius 1 is 1.42 bits per heavy atom. The van der Waals surface area contributed by atoms with Crippen LogP contribution in [-0.2, 0) is 4.79 Å². The van der Waals surface area contributed by atoms with Gasteiger partial charge in [0.1, 0.15) is 0 Å². The van der Waals surface area contributed by atoms with Crippen LogP contribution >= 0.6 is 0 Å². The van der Waals surface area contributed by atoms with Crippen molar-refractivity contribution in [2.24, 2.45) is 0 Å². The highest BCUT2D eigenvalue weighted by Crippen LogP contribution is 2.25. The minimum absolute atomic E-state index is 0.105. The number of likely N-dealkylation sites (tertiary alicyclic amines) is 1. The van der Waals surface area contributed by atoms with E-state index in [9.17, 15) is 10.1 Å². The number of hydrogen-bond acceptors (Lipinski definition) is 2. The number of carbonyl (C=O) groups is 1. The van der Waals surface area contributed by atoms with Gasteiger partial charge in [0.15, 0.2) is 0 Å². The van der Waals surface area contributed by atoms with E-state index in [0.29, 0.717) is 13.1 Å². The molecule has 0 bridgehead atoms. The first-order valence-corrected chi connectivity index (χ1v) is 6.47. The zero-order valence-corrected chi connectivity index (χ0v) is 11.6. The summed E-state index contributed by atoms with van der Waals surface area (Å²) in [7, 11) is 0.